The van der Waals surface area contributed by atoms with E-state index in [9.17, 15) is 4.79 Å². The van der Waals surface area contributed by atoms with Crippen molar-refractivity contribution in [2.75, 3.05) is 0 Å². The van der Waals surface area contributed by atoms with Gasteiger partial charge in [-0.2, -0.15) is 0 Å². The van der Waals surface area contributed by atoms with E-state index in [1.54, 1.807) is 11.1 Å². The van der Waals surface area contributed by atoms with Crippen LogP contribution < -0.4 is 0 Å². The number of hydrogen-bond donors (Lipinski definition) is 0. The van der Waals surface area contributed by atoms with Gasteiger partial charge >= 0.3 is 0 Å². The summed E-state index contributed by atoms with van der Waals surface area (Å²) in [4.78, 5) is 11.7. The molecular weight excluding hydrogens is 256 g/mol. The molecule has 0 bridgehead atoms. The Hall–Kier alpha value is -0.850. The van der Waals surface area contributed by atoms with Crippen LogP contribution in [0.25, 0.3) is 0 Å². The fourth-order valence-corrected chi connectivity index (χ4v) is 5.53. The molecule has 1 saturated carbocycles. The summed E-state index contributed by atoms with van der Waals surface area (Å²) in [7, 11) is 0. The Morgan fingerprint density at radius 2 is 2.05 bits per heavy atom. The molecule has 0 aliphatic heterocycles. The van der Waals surface area contributed by atoms with Gasteiger partial charge in [-0.05, 0) is 60.8 Å². The minimum atomic E-state index is -0.100. The van der Waals surface area contributed by atoms with Crippen molar-refractivity contribution in [3.05, 3.63) is 23.3 Å². The predicted molar refractivity (Wildman–Crippen MR) is 88.0 cm³/mol. The SMILES string of the molecule is CC(C)C1=CC2=CC[C@H]3[C@](C)(CCC[C@@]3(C)C=O)[C@@H]2CC1. The maximum Gasteiger partial charge on any atom is 0.126 e. The summed E-state index contributed by atoms with van der Waals surface area (Å²) in [5.41, 5.74) is 3.43. The van der Waals surface area contributed by atoms with Gasteiger partial charge in [0.2, 0.25) is 0 Å². The Bertz CT molecular complexity index is 498. The first-order valence-corrected chi connectivity index (χ1v) is 8.77. The van der Waals surface area contributed by atoms with E-state index < -0.39 is 0 Å². The van der Waals surface area contributed by atoms with Crippen LogP contribution in [0, 0.1) is 28.6 Å². The fraction of sp³-hybridized carbons (Fsp3) is 0.750. The Labute approximate surface area is 129 Å². The highest BCUT2D eigenvalue weighted by molar-refractivity contribution is 5.60. The van der Waals surface area contributed by atoms with Gasteiger partial charge in [-0.15, -0.1) is 0 Å². The van der Waals surface area contributed by atoms with Crippen LogP contribution in [0.15, 0.2) is 23.3 Å². The summed E-state index contributed by atoms with van der Waals surface area (Å²) in [6.07, 6.45) is 13.5. The van der Waals surface area contributed by atoms with E-state index in [4.69, 9.17) is 0 Å². The van der Waals surface area contributed by atoms with Crippen LogP contribution in [-0.2, 0) is 4.79 Å². The van der Waals surface area contributed by atoms with Crippen LogP contribution in [0.1, 0.15) is 66.2 Å². The van der Waals surface area contributed by atoms with Crippen LogP contribution in [0.5, 0.6) is 0 Å². The molecule has 0 unspecified atom stereocenters. The lowest BCUT2D eigenvalue weighted by Gasteiger charge is -2.57. The standard InChI is InChI=1S/C20H30O/c1-14(2)15-6-8-17-16(12-15)7-9-18-19(3,13-21)10-5-11-20(17,18)4/h7,12-14,17-18H,5-6,8-11H2,1-4H3/t17-,18-,19+,20-/m1/s1. The monoisotopic (exact) mass is 286 g/mol. The van der Waals surface area contributed by atoms with E-state index >= 15 is 0 Å². The Kier molecular flexibility index (Phi) is 3.66. The van der Waals surface area contributed by atoms with Crippen molar-refractivity contribution in [1.82, 2.24) is 0 Å². The lowest BCUT2D eigenvalue weighted by atomic mass is 9.47. The topological polar surface area (TPSA) is 17.1 Å². The van der Waals surface area contributed by atoms with Gasteiger partial charge in [0.25, 0.3) is 0 Å². The van der Waals surface area contributed by atoms with Crippen LogP contribution in [0.3, 0.4) is 0 Å². The molecule has 0 radical (unpaired) electrons. The van der Waals surface area contributed by atoms with Gasteiger partial charge in [-0.25, -0.2) is 0 Å². The molecule has 3 aliphatic rings. The predicted octanol–water partition coefficient (Wildman–Crippen LogP) is 5.32. The summed E-state index contributed by atoms with van der Waals surface area (Å²) in [6, 6.07) is 0. The summed E-state index contributed by atoms with van der Waals surface area (Å²) in [5, 5.41) is 0. The van der Waals surface area contributed by atoms with Crippen molar-refractivity contribution in [2.24, 2.45) is 28.6 Å². The lowest BCUT2D eigenvalue weighted by molar-refractivity contribution is -0.128. The second-order valence-corrected chi connectivity index (χ2v) is 8.44. The van der Waals surface area contributed by atoms with Crippen LogP contribution in [0.2, 0.25) is 0 Å². The van der Waals surface area contributed by atoms with E-state index in [0.717, 1.165) is 12.8 Å². The van der Waals surface area contributed by atoms with Crippen molar-refractivity contribution in [2.45, 2.75) is 66.2 Å². The first kappa shape index (κ1) is 15.1. The second kappa shape index (κ2) is 5.11. The Balaban J connectivity index is 1.99. The highest BCUT2D eigenvalue weighted by atomic mass is 16.1. The van der Waals surface area contributed by atoms with E-state index in [0.29, 0.717) is 23.2 Å². The zero-order valence-electron chi connectivity index (χ0n) is 14.1. The number of fused-ring (bicyclic) bond motifs is 3. The third kappa shape index (κ3) is 2.24. The Morgan fingerprint density at radius 3 is 2.71 bits per heavy atom. The van der Waals surface area contributed by atoms with Crippen LogP contribution in [0.4, 0.5) is 0 Å². The van der Waals surface area contributed by atoms with Crippen molar-refractivity contribution >= 4 is 6.29 Å². The molecule has 0 heterocycles. The molecule has 0 N–H and O–H groups in total. The van der Waals surface area contributed by atoms with Gasteiger partial charge in [-0.3, -0.25) is 0 Å². The number of allylic oxidation sites excluding steroid dienone is 4. The average Bonchev–Trinajstić information content (AvgIpc) is 2.46. The zero-order valence-corrected chi connectivity index (χ0v) is 14.1. The molecule has 0 aromatic rings. The minimum absolute atomic E-state index is 0.100. The summed E-state index contributed by atoms with van der Waals surface area (Å²) in [6.45, 7) is 9.30. The number of carbonyl (C=O) groups is 1. The highest BCUT2D eigenvalue weighted by Crippen LogP contribution is 2.61. The zero-order chi connectivity index (χ0) is 15.3. The molecule has 0 amide bonds. The molecule has 1 heteroatoms. The largest absolute Gasteiger partial charge is 0.303 e. The summed E-state index contributed by atoms with van der Waals surface area (Å²) >= 11 is 0. The number of hydrogen-bond acceptors (Lipinski definition) is 1. The van der Waals surface area contributed by atoms with Crippen LogP contribution in [-0.4, -0.2) is 6.29 Å². The maximum absolute atomic E-state index is 11.7. The normalized spacial score (nSPS) is 42.7. The summed E-state index contributed by atoms with van der Waals surface area (Å²) < 4.78 is 0. The number of rotatable bonds is 2. The Morgan fingerprint density at radius 1 is 1.29 bits per heavy atom. The molecule has 3 rings (SSSR count). The first-order chi connectivity index (χ1) is 9.90. The summed E-state index contributed by atoms with van der Waals surface area (Å²) in [5.74, 6) is 1.89. The smallest absolute Gasteiger partial charge is 0.126 e. The van der Waals surface area contributed by atoms with E-state index in [1.165, 1.54) is 32.0 Å². The van der Waals surface area contributed by atoms with Gasteiger partial charge in [0.05, 0.1) is 0 Å². The molecule has 21 heavy (non-hydrogen) atoms. The minimum Gasteiger partial charge on any atom is -0.303 e. The lowest BCUT2D eigenvalue weighted by Crippen LogP contribution is -2.50. The molecule has 1 fully saturated rings. The molecule has 116 valence electrons. The highest BCUT2D eigenvalue weighted by Gasteiger charge is 2.54. The third-order valence-electron chi connectivity index (χ3n) is 6.90. The van der Waals surface area contributed by atoms with E-state index in [2.05, 4.69) is 39.8 Å². The molecular formula is C20H30O. The van der Waals surface area contributed by atoms with Crippen molar-refractivity contribution < 1.29 is 4.79 Å². The van der Waals surface area contributed by atoms with Gasteiger partial charge in [-0.1, -0.05) is 51.8 Å². The molecule has 1 nitrogen and oxygen atoms in total. The average molecular weight is 286 g/mol. The maximum atomic E-state index is 11.7. The fourth-order valence-electron chi connectivity index (χ4n) is 5.53. The van der Waals surface area contributed by atoms with Gasteiger partial charge < -0.3 is 4.79 Å². The van der Waals surface area contributed by atoms with Crippen molar-refractivity contribution in [3.8, 4) is 0 Å². The van der Waals surface area contributed by atoms with E-state index in [1.807, 2.05) is 0 Å². The number of carbonyl (C=O) groups excluding carboxylic acids is 1. The molecule has 4 atom stereocenters. The van der Waals surface area contributed by atoms with Crippen LogP contribution >= 0.6 is 0 Å². The first-order valence-electron chi connectivity index (χ1n) is 8.77. The molecule has 0 saturated heterocycles. The molecule has 0 spiro atoms. The van der Waals surface area contributed by atoms with Gasteiger partial charge in [0, 0.05) is 5.41 Å². The van der Waals surface area contributed by atoms with Gasteiger partial charge in [0.15, 0.2) is 0 Å². The molecule has 0 aromatic heterocycles. The van der Waals surface area contributed by atoms with E-state index in [-0.39, 0.29) is 5.41 Å². The third-order valence-corrected chi connectivity index (χ3v) is 6.90. The quantitative estimate of drug-likeness (QED) is 0.628. The van der Waals surface area contributed by atoms with Crippen molar-refractivity contribution in [3.63, 3.8) is 0 Å². The molecule has 0 aromatic carbocycles. The van der Waals surface area contributed by atoms with Gasteiger partial charge in [0.1, 0.15) is 6.29 Å². The number of aldehydes is 1. The molecule has 3 aliphatic carbocycles. The van der Waals surface area contributed by atoms with Crippen molar-refractivity contribution in [1.29, 1.82) is 0 Å². The second-order valence-electron chi connectivity index (χ2n) is 8.44.